The Morgan fingerprint density at radius 1 is 1.25 bits per heavy atom. The zero-order chi connectivity index (χ0) is 14.8. The Labute approximate surface area is 121 Å². The minimum atomic E-state index is 0.0595. The summed E-state index contributed by atoms with van der Waals surface area (Å²) < 4.78 is 16.9. The second kappa shape index (κ2) is 5.92. The highest BCUT2D eigenvalue weighted by molar-refractivity contribution is 5.52. The number of hydrogen-bond acceptors (Lipinski definition) is 4. The molecule has 20 heavy (non-hydrogen) atoms. The van der Waals surface area contributed by atoms with E-state index in [2.05, 4.69) is 39.9 Å². The molecule has 1 aromatic carbocycles. The lowest BCUT2D eigenvalue weighted by Crippen LogP contribution is -2.35. The molecule has 0 bridgehead atoms. The summed E-state index contributed by atoms with van der Waals surface area (Å²) in [6.07, 6.45) is 1.16. The maximum atomic E-state index is 6.01. The van der Waals surface area contributed by atoms with Crippen LogP contribution in [-0.2, 0) is 6.54 Å². The SMILES string of the molecule is CCC(C)Oc1cc2c(cc1CNC(C)(C)C)OCO2. The number of fused-ring (bicyclic) bond motifs is 1. The van der Waals surface area contributed by atoms with Gasteiger partial charge in [-0.15, -0.1) is 0 Å². The topological polar surface area (TPSA) is 39.7 Å². The molecule has 0 aromatic heterocycles. The molecule has 1 unspecified atom stereocenters. The highest BCUT2D eigenvalue weighted by atomic mass is 16.7. The first-order valence-electron chi connectivity index (χ1n) is 7.23. The van der Waals surface area contributed by atoms with Crippen LogP contribution in [0.2, 0.25) is 0 Å². The summed E-state index contributed by atoms with van der Waals surface area (Å²) in [6.45, 7) is 11.7. The number of hydrogen-bond donors (Lipinski definition) is 1. The van der Waals surface area contributed by atoms with Gasteiger partial charge in [-0.3, -0.25) is 0 Å². The molecule has 1 heterocycles. The van der Waals surface area contributed by atoms with Crippen LogP contribution in [0.25, 0.3) is 0 Å². The zero-order valence-corrected chi connectivity index (χ0v) is 13.1. The van der Waals surface area contributed by atoms with Crippen LogP contribution in [0.1, 0.15) is 46.6 Å². The molecule has 0 saturated heterocycles. The second-order valence-electron chi connectivity index (χ2n) is 6.25. The third-order valence-corrected chi connectivity index (χ3v) is 3.27. The Balaban J connectivity index is 2.22. The number of rotatable bonds is 5. The van der Waals surface area contributed by atoms with Crippen LogP contribution in [0, 0.1) is 0 Å². The molecule has 0 fully saturated rings. The third-order valence-electron chi connectivity index (χ3n) is 3.27. The predicted octanol–water partition coefficient (Wildman–Crippen LogP) is 3.48. The van der Waals surface area contributed by atoms with Crippen LogP contribution < -0.4 is 19.5 Å². The van der Waals surface area contributed by atoms with Crippen molar-refractivity contribution in [2.24, 2.45) is 0 Å². The highest BCUT2D eigenvalue weighted by Crippen LogP contribution is 2.38. The molecule has 4 nitrogen and oxygen atoms in total. The van der Waals surface area contributed by atoms with E-state index in [0.717, 1.165) is 35.8 Å². The number of ether oxygens (including phenoxy) is 3. The quantitative estimate of drug-likeness (QED) is 0.895. The van der Waals surface area contributed by atoms with Gasteiger partial charge in [-0.25, -0.2) is 0 Å². The summed E-state index contributed by atoms with van der Waals surface area (Å²) in [5.74, 6) is 2.44. The van der Waals surface area contributed by atoms with Crippen LogP contribution in [0.4, 0.5) is 0 Å². The van der Waals surface area contributed by atoms with E-state index < -0.39 is 0 Å². The maximum Gasteiger partial charge on any atom is 0.231 e. The molecule has 1 aliphatic heterocycles. The largest absolute Gasteiger partial charge is 0.490 e. The van der Waals surface area contributed by atoms with Crippen molar-refractivity contribution in [2.45, 2.75) is 59.2 Å². The van der Waals surface area contributed by atoms with E-state index in [9.17, 15) is 0 Å². The molecule has 1 aromatic rings. The van der Waals surface area contributed by atoms with Crippen LogP contribution in [-0.4, -0.2) is 18.4 Å². The van der Waals surface area contributed by atoms with Crippen LogP contribution in [0.5, 0.6) is 17.2 Å². The van der Waals surface area contributed by atoms with Crippen molar-refractivity contribution in [3.63, 3.8) is 0 Å². The van der Waals surface area contributed by atoms with E-state index in [-0.39, 0.29) is 18.4 Å². The first-order valence-corrected chi connectivity index (χ1v) is 7.23. The summed E-state index contributed by atoms with van der Waals surface area (Å²) in [7, 11) is 0. The predicted molar refractivity (Wildman–Crippen MR) is 79.5 cm³/mol. The van der Waals surface area contributed by atoms with Gasteiger partial charge in [0.15, 0.2) is 11.5 Å². The summed E-state index contributed by atoms with van der Waals surface area (Å²) in [4.78, 5) is 0. The second-order valence-corrected chi connectivity index (χ2v) is 6.25. The van der Waals surface area contributed by atoms with Gasteiger partial charge in [0.25, 0.3) is 0 Å². The molecule has 4 heteroatoms. The van der Waals surface area contributed by atoms with Crippen LogP contribution in [0.15, 0.2) is 12.1 Å². The van der Waals surface area contributed by atoms with Gasteiger partial charge in [0, 0.05) is 23.7 Å². The Bertz CT molecular complexity index is 466. The van der Waals surface area contributed by atoms with Gasteiger partial charge in [0.2, 0.25) is 6.79 Å². The summed E-state index contributed by atoms with van der Waals surface area (Å²) >= 11 is 0. The van der Waals surface area contributed by atoms with E-state index in [1.807, 2.05) is 12.1 Å². The lowest BCUT2D eigenvalue weighted by atomic mass is 10.1. The molecule has 2 rings (SSSR count). The fourth-order valence-corrected chi connectivity index (χ4v) is 1.87. The Morgan fingerprint density at radius 3 is 2.50 bits per heavy atom. The number of benzene rings is 1. The van der Waals surface area contributed by atoms with E-state index in [0.29, 0.717) is 0 Å². The normalized spacial score (nSPS) is 15.2. The average molecular weight is 279 g/mol. The monoisotopic (exact) mass is 279 g/mol. The maximum absolute atomic E-state index is 6.01. The minimum absolute atomic E-state index is 0.0595. The molecule has 1 aliphatic rings. The minimum Gasteiger partial charge on any atom is -0.490 e. The van der Waals surface area contributed by atoms with Gasteiger partial charge < -0.3 is 19.5 Å². The molecule has 0 aliphatic carbocycles. The Morgan fingerprint density at radius 2 is 1.90 bits per heavy atom. The van der Waals surface area contributed by atoms with Crippen LogP contribution >= 0.6 is 0 Å². The van der Waals surface area contributed by atoms with E-state index in [1.54, 1.807) is 0 Å². The third kappa shape index (κ3) is 3.79. The fourth-order valence-electron chi connectivity index (χ4n) is 1.87. The number of nitrogens with one attached hydrogen (secondary N) is 1. The molecule has 0 spiro atoms. The molecule has 112 valence electrons. The van der Waals surface area contributed by atoms with Crippen molar-refractivity contribution in [3.05, 3.63) is 17.7 Å². The zero-order valence-electron chi connectivity index (χ0n) is 13.1. The van der Waals surface area contributed by atoms with E-state index in [1.165, 1.54) is 0 Å². The van der Waals surface area contributed by atoms with Crippen molar-refractivity contribution >= 4 is 0 Å². The van der Waals surface area contributed by atoms with Crippen molar-refractivity contribution in [1.82, 2.24) is 5.32 Å². The lowest BCUT2D eigenvalue weighted by molar-refractivity contribution is 0.173. The molecular formula is C16H25NO3. The summed E-state index contributed by atoms with van der Waals surface area (Å²) in [6, 6.07) is 3.95. The fraction of sp³-hybridized carbons (Fsp3) is 0.625. The standard InChI is InChI=1S/C16H25NO3/c1-6-11(2)20-13-8-15-14(18-10-19-15)7-12(13)9-17-16(3,4)5/h7-8,11,17H,6,9-10H2,1-5H3. The molecule has 0 radical (unpaired) electrons. The molecule has 1 atom stereocenters. The van der Waals surface area contributed by atoms with Gasteiger partial charge in [-0.05, 0) is 40.2 Å². The van der Waals surface area contributed by atoms with Crippen molar-refractivity contribution in [3.8, 4) is 17.2 Å². The van der Waals surface area contributed by atoms with Crippen molar-refractivity contribution < 1.29 is 14.2 Å². The van der Waals surface area contributed by atoms with Crippen molar-refractivity contribution in [1.29, 1.82) is 0 Å². The highest BCUT2D eigenvalue weighted by Gasteiger charge is 2.20. The smallest absolute Gasteiger partial charge is 0.231 e. The summed E-state index contributed by atoms with van der Waals surface area (Å²) in [5, 5.41) is 3.48. The average Bonchev–Trinajstić information content (AvgIpc) is 2.81. The van der Waals surface area contributed by atoms with E-state index in [4.69, 9.17) is 14.2 Å². The molecule has 1 N–H and O–H groups in total. The first kappa shape index (κ1) is 15.0. The summed E-state index contributed by atoms with van der Waals surface area (Å²) in [5.41, 5.74) is 1.16. The molecular weight excluding hydrogens is 254 g/mol. The van der Waals surface area contributed by atoms with Gasteiger partial charge >= 0.3 is 0 Å². The van der Waals surface area contributed by atoms with Gasteiger partial charge in [0.1, 0.15) is 5.75 Å². The van der Waals surface area contributed by atoms with Crippen LogP contribution in [0.3, 0.4) is 0 Å². The van der Waals surface area contributed by atoms with E-state index >= 15 is 0 Å². The first-order chi connectivity index (χ1) is 9.39. The molecule has 0 amide bonds. The molecule has 0 saturated carbocycles. The van der Waals surface area contributed by atoms with Gasteiger partial charge in [-0.2, -0.15) is 0 Å². The Kier molecular flexibility index (Phi) is 4.43. The van der Waals surface area contributed by atoms with Crippen molar-refractivity contribution in [2.75, 3.05) is 6.79 Å². The van der Waals surface area contributed by atoms with Gasteiger partial charge in [-0.1, -0.05) is 6.92 Å². The lowest BCUT2D eigenvalue weighted by Gasteiger charge is -2.23. The Hall–Kier alpha value is -1.42. The van der Waals surface area contributed by atoms with Gasteiger partial charge in [0.05, 0.1) is 6.10 Å².